The van der Waals surface area contributed by atoms with Gasteiger partial charge in [-0.15, -0.1) is 0 Å². The third-order valence-electron chi connectivity index (χ3n) is 4.13. The number of fused-ring (bicyclic) bond motifs is 1. The predicted molar refractivity (Wildman–Crippen MR) is 84.3 cm³/mol. The van der Waals surface area contributed by atoms with E-state index in [0.717, 1.165) is 36.1 Å². The van der Waals surface area contributed by atoms with Gasteiger partial charge in [0.05, 0.1) is 5.52 Å². The van der Waals surface area contributed by atoms with Crippen LogP contribution in [0.5, 0.6) is 0 Å². The zero-order chi connectivity index (χ0) is 14.7. The minimum Gasteiger partial charge on any atom is -0.341 e. The summed E-state index contributed by atoms with van der Waals surface area (Å²) in [5, 5.41) is 4.41. The van der Waals surface area contributed by atoms with Gasteiger partial charge in [-0.2, -0.15) is 0 Å². The fourth-order valence-electron chi connectivity index (χ4n) is 2.98. The van der Waals surface area contributed by atoms with Gasteiger partial charge in [0.2, 0.25) is 0 Å². The summed E-state index contributed by atoms with van der Waals surface area (Å²) in [6, 6.07) is 9.60. The van der Waals surface area contributed by atoms with Crippen LogP contribution >= 0.6 is 0 Å². The first kappa shape index (κ1) is 14.0. The summed E-state index contributed by atoms with van der Waals surface area (Å²) in [5.74, 6) is 0.654. The first-order valence-corrected chi connectivity index (χ1v) is 7.55. The van der Waals surface area contributed by atoms with Crippen LogP contribution in [0.1, 0.15) is 23.2 Å². The molecule has 0 spiro atoms. The average molecular weight is 283 g/mol. The minimum atomic E-state index is 0.0892. The van der Waals surface area contributed by atoms with Gasteiger partial charge in [0.15, 0.2) is 0 Å². The Balaban J connectivity index is 1.72. The van der Waals surface area contributed by atoms with E-state index >= 15 is 0 Å². The summed E-state index contributed by atoms with van der Waals surface area (Å²) in [7, 11) is 1.89. The van der Waals surface area contributed by atoms with E-state index in [1.807, 2.05) is 42.3 Å². The smallest absolute Gasteiger partial charge is 0.253 e. The van der Waals surface area contributed by atoms with Crippen molar-refractivity contribution in [1.82, 2.24) is 15.2 Å². The molecule has 1 unspecified atom stereocenters. The summed E-state index contributed by atoms with van der Waals surface area (Å²) < 4.78 is 0. The van der Waals surface area contributed by atoms with Crippen LogP contribution in [0.2, 0.25) is 0 Å². The van der Waals surface area contributed by atoms with Crippen LogP contribution in [0.3, 0.4) is 0 Å². The fraction of sp³-hybridized carbons (Fsp3) is 0.412. The Kier molecular flexibility index (Phi) is 4.15. The third-order valence-corrected chi connectivity index (χ3v) is 4.13. The van der Waals surface area contributed by atoms with E-state index in [4.69, 9.17) is 0 Å². The molecule has 21 heavy (non-hydrogen) atoms. The molecule has 1 aromatic carbocycles. The molecule has 1 amide bonds. The zero-order valence-electron chi connectivity index (χ0n) is 12.4. The average Bonchev–Trinajstić information content (AvgIpc) is 2.54. The maximum absolute atomic E-state index is 12.5. The second-order valence-electron chi connectivity index (χ2n) is 5.81. The molecular weight excluding hydrogens is 262 g/mol. The van der Waals surface area contributed by atoms with E-state index in [0.29, 0.717) is 5.92 Å². The third kappa shape index (κ3) is 3.22. The molecule has 0 bridgehead atoms. The largest absolute Gasteiger partial charge is 0.341 e. The molecule has 1 atom stereocenters. The molecule has 0 radical (unpaired) electrons. The van der Waals surface area contributed by atoms with Crippen LogP contribution in [-0.2, 0) is 0 Å². The molecule has 1 aromatic heterocycles. The van der Waals surface area contributed by atoms with Gasteiger partial charge in [0, 0.05) is 30.7 Å². The number of hydrogen-bond donors (Lipinski definition) is 1. The van der Waals surface area contributed by atoms with E-state index < -0.39 is 0 Å². The van der Waals surface area contributed by atoms with Crippen molar-refractivity contribution in [3.63, 3.8) is 0 Å². The summed E-state index contributed by atoms with van der Waals surface area (Å²) in [6.07, 6.45) is 4.17. The van der Waals surface area contributed by atoms with Crippen molar-refractivity contribution < 1.29 is 4.79 Å². The van der Waals surface area contributed by atoms with Gasteiger partial charge in [-0.3, -0.25) is 9.78 Å². The number of amides is 1. The van der Waals surface area contributed by atoms with Crippen molar-refractivity contribution >= 4 is 16.8 Å². The molecule has 1 saturated heterocycles. The monoisotopic (exact) mass is 283 g/mol. The van der Waals surface area contributed by atoms with Gasteiger partial charge in [-0.05, 0) is 56.1 Å². The van der Waals surface area contributed by atoms with Crippen LogP contribution in [-0.4, -0.2) is 42.5 Å². The molecule has 1 N–H and O–H groups in total. The lowest BCUT2D eigenvalue weighted by Gasteiger charge is -2.27. The maximum Gasteiger partial charge on any atom is 0.253 e. The molecule has 0 saturated carbocycles. The standard InChI is InChI=1S/C17H21N3O/c1-20(12-13-4-2-8-18-11-13)17(21)15-6-7-16-14(10-15)5-3-9-19-16/h3,5-7,9-10,13,18H,2,4,8,11-12H2,1H3. The highest BCUT2D eigenvalue weighted by Crippen LogP contribution is 2.16. The van der Waals surface area contributed by atoms with Gasteiger partial charge < -0.3 is 10.2 Å². The molecule has 3 rings (SSSR count). The SMILES string of the molecule is CN(CC1CCCNC1)C(=O)c1ccc2ncccc2c1. The molecule has 1 fully saturated rings. The van der Waals surface area contributed by atoms with E-state index in [2.05, 4.69) is 10.3 Å². The normalized spacial score (nSPS) is 18.6. The Hall–Kier alpha value is -1.94. The zero-order valence-corrected chi connectivity index (χ0v) is 12.4. The highest BCUT2D eigenvalue weighted by atomic mass is 16.2. The minimum absolute atomic E-state index is 0.0892. The molecule has 4 nitrogen and oxygen atoms in total. The number of nitrogens with one attached hydrogen (secondary N) is 1. The van der Waals surface area contributed by atoms with Crippen molar-refractivity contribution in [3.05, 3.63) is 42.1 Å². The lowest BCUT2D eigenvalue weighted by Crippen LogP contribution is -2.39. The Morgan fingerprint density at radius 3 is 3.14 bits per heavy atom. The van der Waals surface area contributed by atoms with Gasteiger partial charge in [-0.1, -0.05) is 6.07 Å². The first-order chi connectivity index (χ1) is 10.2. The number of carbonyl (C=O) groups excluding carboxylic acids is 1. The number of nitrogens with zero attached hydrogens (tertiary/aromatic N) is 2. The first-order valence-electron chi connectivity index (χ1n) is 7.55. The molecule has 1 aliphatic heterocycles. The Morgan fingerprint density at radius 1 is 1.43 bits per heavy atom. The molecule has 1 aliphatic rings. The quantitative estimate of drug-likeness (QED) is 0.940. The van der Waals surface area contributed by atoms with Gasteiger partial charge in [0.25, 0.3) is 5.91 Å². The number of benzene rings is 1. The van der Waals surface area contributed by atoms with Crippen molar-refractivity contribution in [2.75, 3.05) is 26.7 Å². The highest BCUT2D eigenvalue weighted by Gasteiger charge is 2.19. The van der Waals surface area contributed by atoms with Crippen LogP contribution in [0, 0.1) is 5.92 Å². The maximum atomic E-state index is 12.5. The number of aromatic nitrogens is 1. The van der Waals surface area contributed by atoms with Crippen molar-refractivity contribution in [1.29, 1.82) is 0 Å². The van der Waals surface area contributed by atoms with E-state index in [1.165, 1.54) is 12.8 Å². The summed E-state index contributed by atoms with van der Waals surface area (Å²) in [6.45, 7) is 2.93. The van der Waals surface area contributed by atoms with Crippen LogP contribution < -0.4 is 5.32 Å². The molecule has 2 aromatic rings. The second-order valence-corrected chi connectivity index (χ2v) is 5.81. The number of carbonyl (C=O) groups is 1. The predicted octanol–water partition coefficient (Wildman–Crippen LogP) is 2.31. The van der Waals surface area contributed by atoms with Crippen LogP contribution in [0.15, 0.2) is 36.5 Å². The molecule has 4 heteroatoms. The van der Waals surface area contributed by atoms with Crippen molar-refractivity contribution in [3.8, 4) is 0 Å². The number of hydrogen-bond acceptors (Lipinski definition) is 3. The van der Waals surface area contributed by atoms with Crippen LogP contribution in [0.25, 0.3) is 10.9 Å². The van der Waals surface area contributed by atoms with E-state index in [-0.39, 0.29) is 5.91 Å². The van der Waals surface area contributed by atoms with Crippen molar-refractivity contribution in [2.24, 2.45) is 5.92 Å². The highest BCUT2D eigenvalue weighted by molar-refractivity contribution is 5.97. The Bertz CT molecular complexity index is 635. The Morgan fingerprint density at radius 2 is 2.33 bits per heavy atom. The van der Waals surface area contributed by atoms with Gasteiger partial charge in [0.1, 0.15) is 0 Å². The number of piperidine rings is 1. The van der Waals surface area contributed by atoms with Crippen LogP contribution in [0.4, 0.5) is 0 Å². The van der Waals surface area contributed by atoms with Gasteiger partial charge in [-0.25, -0.2) is 0 Å². The molecule has 2 heterocycles. The molecule has 110 valence electrons. The van der Waals surface area contributed by atoms with Crippen molar-refractivity contribution in [2.45, 2.75) is 12.8 Å². The summed E-state index contributed by atoms with van der Waals surface area (Å²) in [5.41, 5.74) is 1.66. The Labute approximate surface area is 125 Å². The lowest BCUT2D eigenvalue weighted by molar-refractivity contribution is 0.0765. The van der Waals surface area contributed by atoms with E-state index in [9.17, 15) is 4.79 Å². The molecular formula is C17H21N3O. The summed E-state index contributed by atoms with van der Waals surface area (Å²) >= 11 is 0. The second kappa shape index (κ2) is 6.22. The number of pyridine rings is 1. The topological polar surface area (TPSA) is 45.2 Å². The molecule has 0 aliphatic carbocycles. The summed E-state index contributed by atoms with van der Waals surface area (Å²) in [4.78, 5) is 18.7. The van der Waals surface area contributed by atoms with E-state index in [1.54, 1.807) is 6.20 Å². The fourth-order valence-corrected chi connectivity index (χ4v) is 2.98. The van der Waals surface area contributed by atoms with Gasteiger partial charge >= 0.3 is 0 Å². The number of rotatable bonds is 3. The lowest BCUT2D eigenvalue weighted by atomic mass is 9.99.